The maximum Gasteiger partial charge on any atom is 0.573 e. The molecule has 0 aliphatic rings. The van der Waals surface area contributed by atoms with Crippen molar-refractivity contribution in [2.24, 2.45) is 0 Å². The number of alkyl halides is 3. The van der Waals surface area contributed by atoms with Crippen LogP contribution in [0.2, 0.25) is 0 Å². The molecule has 1 aromatic heterocycles. The lowest BCUT2D eigenvalue weighted by Crippen LogP contribution is -2.18. The molecule has 0 fully saturated rings. The van der Waals surface area contributed by atoms with Crippen molar-refractivity contribution in [1.29, 1.82) is 5.26 Å². The minimum atomic E-state index is -4.78. The molecule has 138 valence electrons. The molecule has 8 heteroatoms. The van der Waals surface area contributed by atoms with Crippen molar-refractivity contribution in [3.63, 3.8) is 0 Å². The normalized spacial score (nSPS) is 10.3. The zero-order valence-electron chi connectivity index (χ0n) is 14.0. The van der Waals surface area contributed by atoms with Crippen LogP contribution in [0.5, 0.6) is 5.75 Å². The van der Waals surface area contributed by atoms with E-state index in [1.165, 1.54) is 18.3 Å². The standard InChI is InChI=1S/C19H14F3N3O2/c20-19(21,22)27-17-7-4-5-14(11-17)12-18(26)25-16-9-8-15(24-13-16)6-2-1-3-10-23/h4-5,7-9,11,13H,3,6,12H2,(H,25,26). The molecule has 1 aromatic carbocycles. The number of benzene rings is 1. The Balaban J connectivity index is 1.91. The van der Waals surface area contributed by atoms with Gasteiger partial charge < -0.3 is 10.1 Å². The molecular formula is C19H14F3N3O2. The minimum absolute atomic E-state index is 0.115. The highest BCUT2D eigenvalue weighted by atomic mass is 19.4. The summed E-state index contributed by atoms with van der Waals surface area (Å²) in [7, 11) is 0. The van der Waals surface area contributed by atoms with Crippen LogP contribution in [0, 0.1) is 23.2 Å². The Labute approximate surface area is 153 Å². The molecule has 0 saturated heterocycles. The number of ether oxygens (including phenoxy) is 1. The van der Waals surface area contributed by atoms with Crippen LogP contribution < -0.4 is 10.1 Å². The Hall–Kier alpha value is -3.52. The van der Waals surface area contributed by atoms with Crippen LogP contribution in [0.15, 0.2) is 42.6 Å². The van der Waals surface area contributed by atoms with Gasteiger partial charge in [0.2, 0.25) is 5.91 Å². The van der Waals surface area contributed by atoms with Crippen LogP contribution in [0.3, 0.4) is 0 Å². The van der Waals surface area contributed by atoms with Crippen LogP contribution in [-0.4, -0.2) is 17.3 Å². The summed E-state index contributed by atoms with van der Waals surface area (Å²) in [6, 6.07) is 10.5. The zero-order valence-corrected chi connectivity index (χ0v) is 14.0. The third kappa shape index (κ3) is 7.49. The van der Waals surface area contributed by atoms with E-state index in [4.69, 9.17) is 5.26 Å². The Morgan fingerprint density at radius 1 is 1.22 bits per heavy atom. The van der Waals surface area contributed by atoms with Crippen molar-refractivity contribution in [1.82, 2.24) is 4.98 Å². The average molecular weight is 373 g/mol. The number of rotatable bonds is 5. The fourth-order valence-electron chi connectivity index (χ4n) is 2.10. The van der Waals surface area contributed by atoms with Gasteiger partial charge in [0.1, 0.15) is 5.75 Å². The molecule has 5 nitrogen and oxygen atoms in total. The summed E-state index contributed by atoms with van der Waals surface area (Å²) >= 11 is 0. The first-order valence-corrected chi connectivity index (χ1v) is 7.78. The summed E-state index contributed by atoms with van der Waals surface area (Å²) in [6.07, 6.45) is -2.89. The molecule has 0 aliphatic carbocycles. The van der Waals surface area contributed by atoms with Gasteiger partial charge in [0.05, 0.1) is 42.9 Å². The molecule has 1 amide bonds. The van der Waals surface area contributed by atoms with Crippen LogP contribution >= 0.6 is 0 Å². The maximum absolute atomic E-state index is 12.2. The van der Waals surface area contributed by atoms with Crippen molar-refractivity contribution in [2.45, 2.75) is 25.6 Å². The van der Waals surface area contributed by atoms with E-state index in [0.717, 1.165) is 12.1 Å². The Morgan fingerprint density at radius 2 is 2.04 bits per heavy atom. The average Bonchev–Trinajstić information content (AvgIpc) is 2.59. The summed E-state index contributed by atoms with van der Waals surface area (Å²) in [5.74, 6) is 4.70. The van der Waals surface area contributed by atoms with E-state index in [1.807, 2.05) is 6.07 Å². The highest BCUT2D eigenvalue weighted by Crippen LogP contribution is 2.23. The van der Waals surface area contributed by atoms with Gasteiger partial charge in [-0.3, -0.25) is 9.78 Å². The monoisotopic (exact) mass is 373 g/mol. The first kappa shape index (κ1) is 19.8. The number of hydrogen-bond acceptors (Lipinski definition) is 4. The number of nitriles is 1. The van der Waals surface area contributed by atoms with Gasteiger partial charge in [-0.15, -0.1) is 13.2 Å². The van der Waals surface area contributed by atoms with Gasteiger partial charge in [0.15, 0.2) is 0 Å². The number of anilines is 1. The first-order chi connectivity index (χ1) is 12.9. The number of carbonyl (C=O) groups is 1. The SMILES string of the molecule is N#CCC#CCc1ccc(NC(=O)Cc2cccc(OC(F)(F)F)c2)cn1. The lowest BCUT2D eigenvalue weighted by atomic mass is 10.1. The fraction of sp³-hybridized carbons (Fsp3) is 0.211. The summed E-state index contributed by atoms with van der Waals surface area (Å²) in [5, 5.41) is 11.0. The predicted molar refractivity (Wildman–Crippen MR) is 91.4 cm³/mol. The first-order valence-electron chi connectivity index (χ1n) is 7.78. The Morgan fingerprint density at radius 3 is 2.70 bits per heavy atom. The molecule has 1 heterocycles. The van der Waals surface area contributed by atoms with Crippen LogP contribution in [0.4, 0.5) is 18.9 Å². The molecule has 0 atom stereocenters. The van der Waals surface area contributed by atoms with E-state index in [-0.39, 0.29) is 18.6 Å². The highest BCUT2D eigenvalue weighted by Gasteiger charge is 2.31. The van der Waals surface area contributed by atoms with Gasteiger partial charge in [-0.05, 0) is 29.8 Å². The molecule has 0 spiro atoms. The quantitative estimate of drug-likeness (QED) is 0.813. The van der Waals surface area contributed by atoms with Crippen molar-refractivity contribution in [3.05, 3.63) is 53.9 Å². The van der Waals surface area contributed by atoms with Gasteiger partial charge in [0, 0.05) is 0 Å². The van der Waals surface area contributed by atoms with Gasteiger partial charge in [-0.1, -0.05) is 24.0 Å². The minimum Gasteiger partial charge on any atom is -0.406 e. The zero-order chi connectivity index (χ0) is 19.7. The lowest BCUT2D eigenvalue weighted by Gasteiger charge is -2.10. The van der Waals surface area contributed by atoms with Crippen LogP contribution in [0.25, 0.3) is 0 Å². The number of amides is 1. The third-order valence-corrected chi connectivity index (χ3v) is 3.17. The molecule has 0 bridgehead atoms. The second kappa shape index (κ2) is 9.25. The summed E-state index contributed by atoms with van der Waals surface area (Å²) in [5.41, 5.74) is 1.53. The van der Waals surface area contributed by atoms with Gasteiger partial charge in [-0.25, -0.2) is 0 Å². The molecule has 1 N–H and O–H groups in total. The molecule has 27 heavy (non-hydrogen) atoms. The number of halogens is 3. The van der Waals surface area contributed by atoms with Crippen molar-refractivity contribution in [2.75, 3.05) is 5.32 Å². The molecule has 2 rings (SSSR count). The highest BCUT2D eigenvalue weighted by molar-refractivity contribution is 5.92. The van der Waals surface area contributed by atoms with Gasteiger partial charge in [0.25, 0.3) is 0 Å². The third-order valence-electron chi connectivity index (χ3n) is 3.17. The van der Waals surface area contributed by atoms with E-state index in [1.54, 1.807) is 12.1 Å². The van der Waals surface area contributed by atoms with Crippen LogP contribution in [0.1, 0.15) is 17.7 Å². The van der Waals surface area contributed by atoms with Crippen molar-refractivity contribution in [3.8, 4) is 23.7 Å². The second-order valence-electron chi connectivity index (χ2n) is 5.32. The summed E-state index contributed by atoms with van der Waals surface area (Å²) < 4.78 is 40.6. The van der Waals surface area contributed by atoms with E-state index in [2.05, 4.69) is 26.9 Å². The summed E-state index contributed by atoms with van der Waals surface area (Å²) in [4.78, 5) is 16.2. The second-order valence-corrected chi connectivity index (χ2v) is 5.32. The van der Waals surface area contributed by atoms with Crippen molar-refractivity contribution >= 4 is 11.6 Å². The maximum atomic E-state index is 12.2. The Bertz CT molecular complexity index is 891. The van der Waals surface area contributed by atoms with E-state index in [0.29, 0.717) is 23.4 Å². The smallest absolute Gasteiger partial charge is 0.406 e. The Kier molecular flexibility index (Phi) is 6.79. The van der Waals surface area contributed by atoms with Crippen molar-refractivity contribution < 1.29 is 22.7 Å². The number of pyridine rings is 1. The lowest BCUT2D eigenvalue weighted by molar-refractivity contribution is -0.274. The number of carbonyl (C=O) groups excluding carboxylic acids is 1. The van der Waals surface area contributed by atoms with Gasteiger partial charge >= 0.3 is 6.36 Å². The van der Waals surface area contributed by atoms with Gasteiger partial charge in [-0.2, -0.15) is 5.26 Å². The van der Waals surface area contributed by atoms with E-state index in [9.17, 15) is 18.0 Å². The van der Waals surface area contributed by atoms with E-state index < -0.39 is 12.3 Å². The number of aromatic nitrogens is 1. The molecule has 0 unspecified atom stereocenters. The number of nitrogens with one attached hydrogen (secondary N) is 1. The fourth-order valence-corrected chi connectivity index (χ4v) is 2.10. The summed E-state index contributed by atoms with van der Waals surface area (Å²) in [6.45, 7) is 0. The molecular weight excluding hydrogens is 359 g/mol. The van der Waals surface area contributed by atoms with E-state index >= 15 is 0 Å². The number of nitrogens with zero attached hydrogens (tertiary/aromatic N) is 2. The molecule has 0 aliphatic heterocycles. The largest absolute Gasteiger partial charge is 0.573 e. The molecule has 2 aromatic rings. The topological polar surface area (TPSA) is 75.0 Å². The van der Waals surface area contributed by atoms with Crippen LogP contribution in [-0.2, 0) is 17.6 Å². The molecule has 0 radical (unpaired) electrons. The number of hydrogen-bond donors (Lipinski definition) is 1. The molecule has 0 saturated carbocycles. The predicted octanol–water partition coefficient (Wildman–Crippen LogP) is 3.62.